The zero-order valence-corrected chi connectivity index (χ0v) is 14.8. The highest BCUT2D eigenvalue weighted by atomic mass is 35.5. The van der Waals surface area contributed by atoms with Gasteiger partial charge in [0.25, 0.3) is 0 Å². The summed E-state index contributed by atoms with van der Waals surface area (Å²) >= 11 is 5.77. The zero-order chi connectivity index (χ0) is 19.9. The molecule has 1 amide bonds. The Labute approximate surface area is 157 Å². The summed E-state index contributed by atoms with van der Waals surface area (Å²) in [6, 6.07) is 2.19. The highest BCUT2D eigenvalue weighted by Crippen LogP contribution is 2.41. The molecule has 0 saturated heterocycles. The number of amides is 1. The number of benzene rings is 1. The molecule has 2 heterocycles. The van der Waals surface area contributed by atoms with Gasteiger partial charge in [0.05, 0.1) is 26.7 Å². The Balaban J connectivity index is 2.23. The fourth-order valence-electron chi connectivity index (χ4n) is 2.94. The first-order chi connectivity index (χ1) is 12.8. The van der Waals surface area contributed by atoms with E-state index in [9.17, 15) is 23.5 Å². The molecule has 0 saturated carbocycles. The SMILES string of the molecule is COc1cc(OC)c(F)c(N2Cc3cnc(Cl)cc3C(C(=O)[O-])C2=O)c1F. The smallest absolute Gasteiger partial charge is 0.240 e. The number of hydrogen-bond donors (Lipinski definition) is 0. The third-order valence-electron chi connectivity index (χ3n) is 4.20. The van der Waals surface area contributed by atoms with Crippen molar-refractivity contribution in [3.63, 3.8) is 0 Å². The highest BCUT2D eigenvalue weighted by Gasteiger charge is 2.39. The number of carbonyl (C=O) groups excluding carboxylic acids is 2. The van der Waals surface area contributed by atoms with Gasteiger partial charge in [-0.25, -0.2) is 13.8 Å². The van der Waals surface area contributed by atoms with Crippen LogP contribution in [0.1, 0.15) is 17.0 Å². The summed E-state index contributed by atoms with van der Waals surface area (Å²) in [6.07, 6.45) is 1.24. The van der Waals surface area contributed by atoms with E-state index in [-0.39, 0.29) is 34.3 Å². The van der Waals surface area contributed by atoms with E-state index in [0.29, 0.717) is 4.90 Å². The molecule has 27 heavy (non-hydrogen) atoms. The molecule has 2 aromatic rings. The van der Waals surface area contributed by atoms with Crippen LogP contribution in [0.15, 0.2) is 18.3 Å². The molecule has 10 heteroatoms. The van der Waals surface area contributed by atoms with E-state index in [0.717, 1.165) is 20.3 Å². The number of carbonyl (C=O) groups is 2. The second-order valence-electron chi connectivity index (χ2n) is 5.64. The first-order valence-corrected chi connectivity index (χ1v) is 7.94. The van der Waals surface area contributed by atoms with Crippen molar-refractivity contribution in [1.82, 2.24) is 4.98 Å². The number of nitrogens with zero attached hydrogens (tertiary/aromatic N) is 2. The molecule has 0 fully saturated rings. The lowest BCUT2D eigenvalue weighted by molar-refractivity contribution is -0.306. The first-order valence-electron chi connectivity index (χ1n) is 7.56. The normalized spacial score (nSPS) is 16.1. The Morgan fingerprint density at radius 3 is 2.37 bits per heavy atom. The van der Waals surface area contributed by atoms with E-state index in [1.54, 1.807) is 0 Å². The molecule has 0 bridgehead atoms. The maximum Gasteiger partial charge on any atom is 0.240 e. The minimum absolute atomic E-state index is 0.0262. The molecular formula is C17H12ClF2N2O5-. The van der Waals surface area contributed by atoms with Gasteiger partial charge in [-0.05, 0) is 17.2 Å². The lowest BCUT2D eigenvalue weighted by Crippen LogP contribution is -2.47. The average molecular weight is 398 g/mol. The van der Waals surface area contributed by atoms with Gasteiger partial charge in [0, 0.05) is 12.3 Å². The van der Waals surface area contributed by atoms with Crippen LogP contribution in [-0.4, -0.2) is 31.1 Å². The van der Waals surface area contributed by atoms with E-state index in [1.165, 1.54) is 12.3 Å². The summed E-state index contributed by atoms with van der Waals surface area (Å²) in [6.45, 7) is -0.327. The van der Waals surface area contributed by atoms with Crippen molar-refractivity contribution in [3.8, 4) is 11.5 Å². The van der Waals surface area contributed by atoms with Crippen molar-refractivity contribution in [1.29, 1.82) is 0 Å². The fraction of sp³-hybridized carbons (Fsp3) is 0.235. The first kappa shape index (κ1) is 18.8. The van der Waals surface area contributed by atoms with Crippen molar-refractivity contribution in [3.05, 3.63) is 46.2 Å². The number of carboxylic acids is 1. The Bertz CT molecular complexity index is 925. The third kappa shape index (κ3) is 3.03. The predicted octanol–water partition coefficient (Wildman–Crippen LogP) is 1.41. The molecule has 1 aromatic carbocycles. The summed E-state index contributed by atoms with van der Waals surface area (Å²) in [4.78, 5) is 28.8. The van der Waals surface area contributed by atoms with E-state index >= 15 is 0 Å². The topological polar surface area (TPSA) is 91.8 Å². The van der Waals surface area contributed by atoms with Crippen molar-refractivity contribution in [2.24, 2.45) is 0 Å². The number of halogens is 3. The van der Waals surface area contributed by atoms with Crippen LogP contribution in [0.25, 0.3) is 0 Å². The zero-order valence-electron chi connectivity index (χ0n) is 14.1. The number of carboxylic acid groups (broad SMARTS) is 1. The molecule has 7 nitrogen and oxygen atoms in total. The van der Waals surface area contributed by atoms with E-state index in [2.05, 4.69) is 4.98 Å². The Kier molecular flexibility index (Phi) is 4.88. The molecule has 1 aliphatic rings. The summed E-state index contributed by atoms with van der Waals surface area (Å²) < 4.78 is 39.2. The minimum Gasteiger partial charge on any atom is -0.549 e. The highest BCUT2D eigenvalue weighted by molar-refractivity contribution is 6.29. The molecule has 0 spiro atoms. The van der Waals surface area contributed by atoms with Gasteiger partial charge in [0.15, 0.2) is 23.1 Å². The number of fused-ring (bicyclic) bond motifs is 1. The Hall–Kier alpha value is -2.94. The second-order valence-corrected chi connectivity index (χ2v) is 6.03. The van der Waals surface area contributed by atoms with Crippen LogP contribution in [0.5, 0.6) is 11.5 Å². The van der Waals surface area contributed by atoms with Crippen molar-refractivity contribution in [2.75, 3.05) is 19.1 Å². The molecule has 0 N–H and O–H groups in total. The van der Waals surface area contributed by atoms with Crippen molar-refractivity contribution in [2.45, 2.75) is 12.5 Å². The van der Waals surface area contributed by atoms with Crippen LogP contribution in [0.2, 0.25) is 5.15 Å². The van der Waals surface area contributed by atoms with Gasteiger partial charge in [-0.15, -0.1) is 0 Å². The molecule has 0 radical (unpaired) electrons. The number of methoxy groups -OCH3 is 2. The van der Waals surface area contributed by atoms with E-state index < -0.39 is 35.1 Å². The van der Waals surface area contributed by atoms with Gasteiger partial charge >= 0.3 is 0 Å². The van der Waals surface area contributed by atoms with Crippen LogP contribution < -0.4 is 19.5 Å². The largest absolute Gasteiger partial charge is 0.549 e. The number of rotatable bonds is 4. The monoisotopic (exact) mass is 397 g/mol. The van der Waals surface area contributed by atoms with E-state index in [4.69, 9.17) is 21.1 Å². The fourth-order valence-corrected chi connectivity index (χ4v) is 3.10. The molecule has 1 atom stereocenters. The Morgan fingerprint density at radius 2 is 1.85 bits per heavy atom. The van der Waals surface area contributed by atoms with E-state index in [1.807, 2.05) is 0 Å². The van der Waals surface area contributed by atoms with Gasteiger partial charge in [0.2, 0.25) is 5.91 Å². The van der Waals surface area contributed by atoms with Crippen LogP contribution >= 0.6 is 11.6 Å². The van der Waals surface area contributed by atoms with Gasteiger partial charge in [-0.3, -0.25) is 4.79 Å². The second kappa shape index (κ2) is 6.99. The number of pyridine rings is 1. The lowest BCUT2D eigenvalue weighted by Gasteiger charge is -2.35. The number of anilines is 1. The quantitative estimate of drug-likeness (QED) is 0.572. The minimum atomic E-state index is -1.80. The number of aliphatic carboxylic acids is 1. The number of hydrogen-bond acceptors (Lipinski definition) is 6. The molecule has 3 rings (SSSR count). The van der Waals surface area contributed by atoms with Gasteiger partial charge in [0.1, 0.15) is 16.8 Å². The number of ether oxygens (including phenoxy) is 2. The van der Waals surface area contributed by atoms with Crippen LogP contribution in [0, 0.1) is 11.6 Å². The average Bonchev–Trinajstić information content (AvgIpc) is 2.62. The van der Waals surface area contributed by atoms with Crippen LogP contribution in [-0.2, 0) is 16.1 Å². The van der Waals surface area contributed by atoms with Crippen LogP contribution in [0.3, 0.4) is 0 Å². The molecule has 0 aliphatic carbocycles. The summed E-state index contributed by atoms with van der Waals surface area (Å²) in [7, 11) is 2.31. The third-order valence-corrected chi connectivity index (χ3v) is 4.40. The molecule has 1 aliphatic heterocycles. The number of aromatic nitrogens is 1. The van der Waals surface area contributed by atoms with Gasteiger partial charge < -0.3 is 24.3 Å². The maximum atomic E-state index is 14.8. The summed E-state index contributed by atoms with van der Waals surface area (Å²) in [5.74, 6) is -7.72. The summed E-state index contributed by atoms with van der Waals surface area (Å²) in [5.41, 5.74) is -0.469. The molecule has 142 valence electrons. The maximum absolute atomic E-state index is 14.8. The van der Waals surface area contributed by atoms with Crippen LogP contribution in [0.4, 0.5) is 14.5 Å². The molecule has 1 unspecified atom stereocenters. The van der Waals surface area contributed by atoms with Crippen molar-refractivity contribution < 1.29 is 33.0 Å². The molecule has 1 aromatic heterocycles. The summed E-state index contributed by atoms with van der Waals surface area (Å²) in [5, 5.41) is 11.5. The Morgan fingerprint density at radius 1 is 1.26 bits per heavy atom. The molecular weight excluding hydrogens is 386 g/mol. The predicted molar refractivity (Wildman–Crippen MR) is 87.6 cm³/mol. The van der Waals surface area contributed by atoms with Crippen molar-refractivity contribution >= 4 is 29.2 Å². The van der Waals surface area contributed by atoms with Gasteiger partial charge in [-0.2, -0.15) is 0 Å². The lowest BCUT2D eigenvalue weighted by atomic mass is 9.90. The van der Waals surface area contributed by atoms with Gasteiger partial charge in [-0.1, -0.05) is 11.6 Å². The standard InChI is InChI=1S/C17H13ClF2N2O5/c1-26-9-4-10(27-2)14(20)15(13(9)19)22-6-7-5-21-11(18)3-8(7)12(16(22)23)17(24)25/h3-5,12H,6H2,1-2H3,(H,24,25)/p-1.